The maximum Gasteiger partial charge on any atom is 0.344 e. The SMILES string of the molecule is CC(C)(C)OC(=O)COc1cccc(CN(Cc2ccc(-n3cccn3)cc2)S(=O)(=O)c2ccc(Cl)cc2)c1. The first-order valence-electron chi connectivity index (χ1n) is 12.3. The number of esters is 1. The molecule has 4 aromatic rings. The Kier molecular flexibility index (Phi) is 8.74. The second-order valence-electron chi connectivity index (χ2n) is 9.87. The number of nitrogens with zero attached hydrogens (tertiary/aromatic N) is 3. The van der Waals surface area contributed by atoms with Crippen LogP contribution < -0.4 is 4.74 Å². The van der Waals surface area contributed by atoms with Gasteiger partial charge >= 0.3 is 5.97 Å². The topological polar surface area (TPSA) is 90.7 Å². The van der Waals surface area contributed by atoms with Crippen molar-refractivity contribution in [1.82, 2.24) is 14.1 Å². The molecule has 0 bridgehead atoms. The Balaban J connectivity index is 1.56. The first-order valence-corrected chi connectivity index (χ1v) is 14.1. The van der Waals surface area contributed by atoms with Gasteiger partial charge in [0.2, 0.25) is 10.0 Å². The standard InChI is InChI=1S/C29H30ClN3O5S/c1-29(2,3)38-28(34)21-37-26-7-4-6-23(18-26)20-32(39(35,36)27-14-10-24(30)11-15-27)19-22-8-12-25(13-9-22)33-17-5-16-31-33/h4-18H,19-21H2,1-3H3. The lowest BCUT2D eigenvalue weighted by Crippen LogP contribution is -2.30. The third-order valence-electron chi connectivity index (χ3n) is 5.55. The van der Waals surface area contributed by atoms with Crippen molar-refractivity contribution >= 4 is 27.6 Å². The molecule has 0 aliphatic rings. The van der Waals surface area contributed by atoms with E-state index in [0.717, 1.165) is 11.3 Å². The molecule has 0 N–H and O–H groups in total. The molecule has 0 saturated heterocycles. The van der Waals surface area contributed by atoms with Crippen molar-refractivity contribution in [1.29, 1.82) is 0 Å². The Labute approximate surface area is 233 Å². The molecular weight excluding hydrogens is 538 g/mol. The van der Waals surface area contributed by atoms with E-state index in [4.69, 9.17) is 21.1 Å². The minimum absolute atomic E-state index is 0.0789. The number of sulfonamides is 1. The Hall–Kier alpha value is -3.66. The molecule has 0 spiro atoms. The largest absolute Gasteiger partial charge is 0.482 e. The lowest BCUT2D eigenvalue weighted by atomic mass is 10.2. The summed E-state index contributed by atoms with van der Waals surface area (Å²) in [5.74, 6) is -0.0517. The van der Waals surface area contributed by atoms with Crippen LogP contribution in [0.5, 0.6) is 5.75 Å². The minimum atomic E-state index is -3.88. The molecule has 3 aromatic carbocycles. The van der Waals surface area contributed by atoms with Crippen molar-refractivity contribution in [3.05, 3.63) is 107 Å². The molecule has 0 atom stereocenters. The monoisotopic (exact) mass is 567 g/mol. The van der Waals surface area contributed by atoms with E-state index >= 15 is 0 Å². The fourth-order valence-corrected chi connectivity index (χ4v) is 5.35. The number of halogens is 1. The van der Waals surface area contributed by atoms with Gasteiger partial charge in [-0.05, 0) is 86.5 Å². The van der Waals surface area contributed by atoms with Crippen LogP contribution in [0.25, 0.3) is 5.69 Å². The summed E-state index contributed by atoms with van der Waals surface area (Å²) in [7, 11) is -3.88. The van der Waals surface area contributed by atoms with Gasteiger partial charge in [-0.2, -0.15) is 9.40 Å². The molecule has 1 aromatic heterocycles. The maximum absolute atomic E-state index is 13.7. The van der Waals surface area contributed by atoms with Gasteiger partial charge in [0, 0.05) is 30.5 Å². The summed E-state index contributed by atoms with van der Waals surface area (Å²) < 4.78 is 41.5. The summed E-state index contributed by atoms with van der Waals surface area (Å²) in [6.45, 7) is 5.31. The molecule has 204 valence electrons. The number of carbonyl (C=O) groups is 1. The van der Waals surface area contributed by atoms with Crippen LogP contribution in [0.3, 0.4) is 0 Å². The van der Waals surface area contributed by atoms with Crippen LogP contribution in [-0.2, 0) is 32.6 Å². The van der Waals surface area contributed by atoms with Crippen LogP contribution in [0, 0.1) is 0 Å². The fraction of sp³-hybridized carbons (Fsp3) is 0.241. The smallest absolute Gasteiger partial charge is 0.344 e. The number of hydrogen-bond acceptors (Lipinski definition) is 6. The van der Waals surface area contributed by atoms with Crippen molar-refractivity contribution in [3.63, 3.8) is 0 Å². The first-order chi connectivity index (χ1) is 18.5. The molecule has 0 aliphatic carbocycles. The van der Waals surface area contributed by atoms with Crippen molar-refractivity contribution in [2.24, 2.45) is 0 Å². The molecule has 0 aliphatic heterocycles. The van der Waals surface area contributed by atoms with E-state index in [-0.39, 0.29) is 24.6 Å². The van der Waals surface area contributed by atoms with E-state index in [1.54, 1.807) is 62.0 Å². The molecule has 10 heteroatoms. The highest BCUT2D eigenvalue weighted by atomic mass is 35.5. The van der Waals surface area contributed by atoms with Gasteiger partial charge in [-0.25, -0.2) is 17.9 Å². The summed E-state index contributed by atoms with van der Waals surface area (Å²) >= 11 is 6.00. The van der Waals surface area contributed by atoms with Gasteiger partial charge in [-0.3, -0.25) is 0 Å². The molecule has 1 heterocycles. The van der Waals surface area contributed by atoms with Crippen molar-refractivity contribution < 1.29 is 22.7 Å². The van der Waals surface area contributed by atoms with Crippen LogP contribution in [0.2, 0.25) is 5.02 Å². The number of rotatable bonds is 10. The number of carbonyl (C=O) groups excluding carboxylic acids is 1. The highest BCUT2D eigenvalue weighted by molar-refractivity contribution is 7.89. The molecule has 0 radical (unpaired) electrons. The van der Waals surface area contributed by atoms with E-state index < -0.39 is 21.6 Å². The molecule has 0 unspecified atom stereocenters. The maximum atomic E-state index is 13.7. The third-order valence-corrected chi connectivity index (χ3v) is 7.61. The number of hydrogen-bond donors (Lipinski definition) is 0. The second kappa shape index (κ2) is 12.0. The Morgan fingerprint density at radius 1 is 0.949 bits per heavy atom. The van der Waals surface area contributed by atoms with Crippen LogP contribution in [0.1, 0.15) is 31.9 Å². The van der Waals surface area contributed by atoms with Crippen molar-refractivity contribution in [2.75, 3.05) is 6.61 Å². The number of benzene rings is 3. The molecule has 39 heavy (non-hydrogen) atoms. The molecule has 0 amide bonds. The summed E-state index contributed by atoms with van der Waals surface area (Å²) in [5, 5.41) is 4.68. The minimum Gasteiger partial charge on any atom is -0.482 e. The van der Waals surface area contributed by atoms with Crippen molar-refractivity contribution in [3.8, 4) is 11.4 Å². The fourth-order valence-electron chi connectivity index (χ4n) is 3.81. The Morgan fingerprint density at radius 3 is 2.28 bits per heavy atom. The zero-order chi connectivity index (χ0) is 28.0. The Morgan fingerprint density at radius 2 is 1.64 bits per heavy atom. The average Bonchev–Trinajstić information content (AvgIpc) is 3.42. The second-order valence-corrected chi connectivity index (χ2v) is 12.2. The average molecular weight is 568 g/mol. The highest BCUT2D eigenvalue weighted by Crippen LogP contribution is 2.25. The molecule has 0 fully saturated rings. The molecule has 8 nitrogen and oxygen atoms in total. The van der Waals surface area contributed by atoms with Crippen LogP contribution in [0.15, 0.2) is 96.2 Å². The lowest BCUT2D eigenvalue weighted by Gasteiger charge is -2.23. The predicted molar refractivity (Wildman–Crippen MR) is 149 cm³/mol. The van der Waals surface area contributed by atoms with Gasteiger partial charge in [0.25, 0.3) is 0 Å². The van der Waals surface area contributed by atoms with E-state index in [1.165, 1.54) is 16.4 Å². The van der Waals surface area contributed by atoms with Crippen molar-refractivity contribution in [2.45, 2.75) is 44.4 Å². The van der Waals surface area contributed by atoms with Gasteiger partial charge < -0.3 is 9.47 Å². The zero-order valence-corrected chi connectivity index (χ0v) is 23.5. The quantitative estimate of drug-likeness (QED) is 0.230. The van der Waals surface area contributed by atoms with E-state index in [2.05, 4.69) is 5.10 Å². The predicted octanol–water partition coefficient (Wildman–Crippen LogP) is 5.64. The first kappa shape index (κ1) is 28.4. The molecular formula is C29H30ClN3O5S. The van der Waals surface area contributed by atoms with Gasteiger partial charge in [-0.1, -0.05) is 35.9 Å². The van der Waals surface area contributed by atoms with Gasteiger partial charge in [0.05, 0.1) is 10.6 Å². The van der Waals surface area contributed by atoms with Crippen LogP contribution in [-0.4, -0.2) is 40.7 Å². The summed E-state index contributed by atoms with van der Waals surface area (Å²) in [5.41, 5.74) is 1.75. The third kappa shape index (κ3) is 7.92. The van der Waals surface area contributed by atoms with Gasteiger partial charge in [-0.15, -0.1) is 0 Å². The number of ether oxygens (including phenoxy) is 2. The zero-order valence-electron chi connectivity index (χ0n) is 22.0. The summed E-state index contributed by atoms with van der Waals surface area (Å²) in [4.78, 5) is 12.2. The van der Waals surface area contributed by atoms with E-state index in [0.29, 0.717) is 16.3 Å². The normalized spacial score (nSPS) is 11.9. The summed E-state index contributed by atoms with van der Waals surface area (Å²) in [6, 6.07) is 22.4. The van der Waals surface area contributed by atoms with Crippen LogP contribution in [0.4, 0.5) is 0 Å². The summed E-state index contributed by atoms with van der Waals surface area (Å²) in [6.07, 6.45) is 3.53. The van der Waals surface area contributed by atoms with Crippen LogP contribution >= 0.6 is 11.6 Å². The molecule has 4 rings (SSSR count). The number of aromatic nitrogens is 2. The van der Waals surface area contributed by atoms with Gasteiger partial charge in [0.1, 0.15) is 11.4 Å². The highest BCUT2D eigenvalue weighted by Gasteiger charge is 2.25. The van der Waals surface area contributed by atoms with E-state index in [1.807, 2.05) is 42.6 Å². The molecule has 0 saturated carbocycles. The van der Waals surface area contributed by atoms with E-state index in [9.17, 15) is 13.2 Å². The Bertz CT molecular complexity index is 1500. The lowest BCUT2D eigenvalue weighted by molar-refractivity contribution is -0.157. The van der Waals surface area contributed by atoms with Gasteiger partial charge in [0.15, 0.2) is 6.61 Å².